The first-order valence-corrected chi connectivity index (χ1v) is 8.68. The van der Waals surface area contributed by atoms with Gasteiger partial charge in [0, 0.05) is 36.0 Å². The van der Waals surface area contributed by atoms with Crippen LogP contribution in [-0.4, -0.2) is 43.5 Å². The highest BCUT2D eigenvalue weighted by atomic mass is 35.5. The summed E-state index contributed by atoms with van der Waals surface area (Å²) in [7, 11) is 0. The molecule has 0 aliphatic carbocycles. The third-order valence-corrected chi connectivity index (χ3v) is 4.79. The van der Waals surface area contributed by atoms with Crippen LogP contribution >= 0.6 is 36.6 Å². The van der Waals surface area contributed by atoms with Gasteiger partial charge in [0.05, 0.1) is 12.2 Å². The van der Waals surface area contributed by atoms with E-state index >= 15 is 0 Å². The van der Waals surface area contributed by atoms with Gasteiger partial charge in [0.25, 0.3) is 0 Å². The molecule has 0 unspecified atom stereocenters. The van der Waals surface area contributed by atoms with Gasteiger partial charge in [0.2, 0.25) is 5.91 Å². The Morgan fingerprint density at radius 1 is 1.00 bits per heavy atom. The number of nitrogens with zero attached hydrogens (tertiary/aromatic N) is 1. The molecule has 0 saturated carbocycles. The standard InChI is InChI=1S/C18H21N3OS.2ClH/c22-18(14-21-12-10-19-11-13-21)20-16-8-4-5-9-17(16)23-15-6-2-1-3-7-15;;/h1-9,19H,10-14H2,(H,20,22);2*1H. The van der Waals surface area contributed by atoms with Crippen molar-refractivity contribution in [2.45, 2.75) is 9.79 Å². The molecule has 2 aromatic carbocycles. The third-order valence-electron chi connectivity index (χ3n) is 3.71. The van der Waals surface area contributed by atoms with E-state index in [-0.39, 0.29) is 30.7 Å². The molecule has 7 heteroatoms. The van der Waals surface area contributed by atoms with E-state index in [4.69, 9.17) is 0 Å². The van der Waals surface area contributed by atoms with Crippen molar-refractivity contribution in [3.05, 3.63) is 54.6 Å². The summed E-state index contributed by atoms with van der Waals surface area (Å²) in [6, 6.07) is 18.1. The predicted molar refractivity (Wildman–Crippen MR) is 109 cm³/mol. The number of carbonyl (C=O) groups excluding carboxylic acids is 1. The monoisotopic (exact) mass is 399 g/mol. The van der Waals surface area contributed by atoms with E-state index in [1.54, 1.807) is 11.8 Å². The minimum absolute atomic E-state index is 0. The van der Waals surface area contributed by atoms with Crippen LogP contribution in [0.5, 0.6) is 0 Å². The van der Waals surface area contributed by atoms with Crippen molar-refractivity contribution < 1.29 is 4.79 Å². The van der Waals surface area contributed by atoms with Gasteiger partial charge in [-0.2, -0.15) is 0 Å². The largest absolute Gasteiger partial charge is 0.324 e. The first-order chi connectivity index (χ1) is 11.3. The first kappa shape index (κ1) is 21.8. The maximum Gasteiger partial charge on any atom is 0.238 e. The lowest BCUT2D eigenvalue weighted by molar-refractivity contribution is -0.117. The molecule has 1 aliphatic heterocycles. The highest BCUT2D eigenvalue weighted by Gasteiger charge is 2.14. The van der Waals surface area contributed by atoms with Crippen LogP contribution in [0.25, 0.3) is 0 Å². The molecule has 0 bridgehead atoms. The minimum atomic E-state index is 0. The molecule has 1 heterocycles. The summed E-state index contributed by atoms with van der Waals surface area (Å²) in [5, 5.41) is 6.35. The van der Waals surface area contributed by atoms with Gasteiger partial charge in [0.1, 0.15) is 0 Å². The topological polar surface area (TPSA) is 44.4 Å². The quantitative estimate of drug-likeness (QED) is 0.806. The Kier molecular flexibility index (Phi) is 9.93. The number of rotatable bonds is 5. The van der Waals surface area contributed by atoms with E-state index < -0.39 is 0 Å². The van der Waals surface area contributed by atoms with Crippen molar-refractivity contribution in [3.63, 3.8) is 0 Å². The van der Waals surface area contributed by atoms with Gasteiger partial charge in [-0.1, -0.05) is 42.1 Å². The van der Waals surface area contributed by atoms with Gasteiger partial charge in [-0.25, -0.2) is 0 Å². The van der Waals surface area contributed by atoms with Gasteiger partial charge in [0.15, 0.2) is 0 Å². The van der Waals surface area contributed by atoms with Gasteiger partial charge in [-0.3, -0.25) is 9.69 Å². The number of halogens is 2. The van der Waals surface area contributed by atoms with Gasteiger partial charge in [-0.15, -0.1) is 24.8 Å². The molecule has 0 radical (unpaired) electrons. The number of carbonyl (C=O) groups is 1. The van der Waals surface area contributed by atoms with Crippen molar-refractivity contribution in [2.24, 2.45) is 0 Å². The Bertz CT molecular complexity index is 652. The van der Waals surface area contributed by atoms with Crippen LogP contribution in [0.2, 0.25) is 0 Å². The van der Waals surface area contributed by atoms with E-state index in [1.807, 2.05) is 42.5 Å². The first-order valence-electron chi connectivity index (χ1n) is 7.86. The van der Waals surface area contributed by atoms with Crippen LogP contribution in [0.4, 0.5) is 5.69 Å². The lowest BCUT2D eigenvalue weighted by atomic mass is 10.3. The van der Waals surface area contributed by atoms with Crippen LogP contribution in [-0.2, 0) is 4.79 Å². The summed E-state index contributed by atoms with van der Waals surface area (Å²) < 4.78 is 0. The van der Waals surface area contributed by atoms with Crippen LogP contribution in [0.3, 0.4) is 0 Å². The van der Waals surface area contributed by atoms with Crippen LogP contribution < -0.4 is 10.6 Å². The highest BCUT2D eigenvalue weighted by molar-refractivity contribution is 7.99. The van der Waals surface area contributed by atoms with Crippen LogP contribution in [0.1, 0.15) is 0 Å². The fourth-order valence-electron chi connectivity index (χ4n) is 2.54. The SMILES string of the molecule is Cl.Cl.O=C(CN1CCNCC1)Nc1ccccc1Sc1ccccc1. The average molecular weight is 400 g/mol. The average Bonchev–Trinajstić information content (AvgIpc) is 2.58. The molecule has 136 valence electrons. The van der Waals surface area contributed by atoms with Gasteiger partial charge < -0.3 is 10.6 Å². The molecule has 0 atom stereocenters. The highest BCUT2D eigenvalue weighted by Crippen LogP contribution is 2.33. The number of piperazine rings is 1. The van der Waals surface area contributed by atoms with Gasteiger partial charge in [-0.05, 0) is 24.3 Å². The van der Waals surface area contributed by atoms with E-state index in [9.17, 15) is 4.79 Å². The maximum atomic E-state index is 12.3. The van der Waals surface area contributed by atoms with Crippen LogP contribution in [0.15, 0.2) is 64.4 Å². The normalized spacial score (nSPS) is 14.1. The second-order valence-electron chi connectivity index (χ2n) is 5.49. The molecule has 3 rings (SSSR count). The fraction of sp³-hybridized carbons (Fsp3) is 0.278. The maximum absolute atomic E-state index is 12.3. The smallest absolute Gasteiger partial charge is 0.238 e. The number of anilines is 1. The van der Waals surface area contributed by atoms with E-state index in [2.05, 4.69) is 27.7 Å². The number of para-hydroxylation sites is 1. The van der Waals surface area contributed by atoms with Crippen LogP contribution in [0, 0.1) is 0 Å². The van der Waals surface area contributed by atoms with Crippen molar-refractivity contribution in [1.29, 1.82) is 0 Å². The Morgan fingerprint density at radius 3 is 2.36 bits per heavy atom. The van der Waals surface area contributed by atoms with Crippen molar-refractivity contribution in [3.8, 4) is 0 Å². The van der Waals surface area contributed by atoms with Crippen molar-refractivity contribution >= 4 is 48.2 Å². The predicted octanol–water partition coefficient (Wildman–Crippen LogP) is 3.53. The number of hydrogen-bond acceptors (Lipinski definition) is 4. The zero-order valence-electron chi connectivity index (χ0n) is 13.8. The molecule has 0 aromatic heterocycles. The number of hydrogen-bond donors (Lipinski definition) is 2. The van der Waals surface area contributed by atoms with E-state index in [1.165, 1.54) is 0 Å². The lowest BCUT2D eigenvalue weighted by Crippen LogP contribution is -2.46. The molecular weight excluding hydrogens is 377 g/mol. The second kappa shape index (κ2) is 11.4. The molecule has 1 aliphatic rings. The molecule has 25 heavy (non-hydrogen) atoms. The molecule has 2 N–H and O–H groups in total. The number of benzene rings is 2. The Hall–Kier alpha value is -1.24. The minimum Gasteiger partial charge on any atom is -0.324 e. The summed E-state index contributed by atoms with van der Waals surface area (Å²) in [5.41, 5.74) is 0.876. The van der Waals surface area contributed by atoms with Crippen molar-refractivity contribution in [1.82, 2.24) is 10.2 Å². The molecular formula is C18H23Cl2N3OS. The molecule has 1 amide bonds. The Labute approximate surface area is 165 Å². The van der Waals surface area contributed by atoms with Crippen molar-refractivity contribution in [2.75, 3.05) is 38.0 Å². The molecule has 0 spiro atoms. The third kappa shape index (κ3) is 6.88. The summed E-state index contributed by atoms with van der Waals surface area (Å²) in [4.78, 5) is 16.7. The summed E-state index contributed by atoms with van der Waals surface area (Å²) in [6.45, 7) is 4.20. The summed E-state index contributed by atoms with van der Waals surface area (Å²) in [6.07, 6.45) is 0. The summed E-state index contributed by atoms with van der Waals surface area (Å²) >= 11 is 1.66. The van der Waals surface area contributed by atoms with E-state index in [0.29, 0.717) is 6.54 Å². The molecule has 1 saturated heterocycles. The molecule has 4 nitrogen and oxygen atoms in total. The van der Waals surface area contributed by atoms with E-state index in [0.717, 1.165) is 41.7 Å². The lowest BCUT2D eigenvalue weighted by Gasteiger charge is -2.26. The molecule has 1 fully saturated rings. The zero-order chi connectivity index (χ0) is 15.9. The Morgan fingerprint density at radius 2 is 1.64 bits per heavy atom. The second-order valence-corrected chi connectivity index (χ2v) is 6.60. The Balaban J connectivity index is 0.00000156. The number of amides is 1. The number of nitrogens with one attached hydrogen (secondary N) is 2. The molecule has 2 aromatic rings. The fourth-order valence-corrected chi connectivity index (χ4v) is 3.46. The zero-order valence-corrected chi connectivity index (χ0v) is 16.3. The summed E-state index contributed by atoms with van der Waals surface area (Å²) in [5.74, 6) is 0.0491. The van der Waals surface area contributed by atoms with Gasteiger partial charge >= 0.3 is 0 Å².